The standard InChI is InChI=1S/C16H32O3/c1-2-3-4-5-6-7-8-9-11-17-12-10-13-18-14-16-15-19-16/h16H,2-15H2,1H3/t16-/m0/s1. The van der Waals surface area contributed by atoms with Crippen LogP contribution in [-0.2, 0) is 14.2 Å². The Morgan fingerprint density at radius 1 is 0.789 bits per heavy atom. The molecule has 114 valence electrons. The van der Waals surface area contributed by atoms with Gasteiger partial charge in [0.2, 0.25) is 0 Å². The minimum atomic E-state index is 0.387. The van der Waals surface area contributed by atoms with Crippen molar-refractivity contribution in [3.05, 3.63) is 0 Å². The van der Waals surface area contributed by atoms with Gasteiger partial charge in [-0.15, -0.1) is 0 Å². The third-order valence-electron chi connectivity index (χ3n) is 3.43. The van der Waals surface area contributed by atoms with Crippen molar-refractivity contribution in [2.75, 3.05) is 33.0 Å². The van der Waals surface area contributed by atoms with Gasteiger partial charge in [0.25, 0.3) is 0 Å². The molecule has 1 heterocycles. The molecule has 1 saturated heterocycles. The zero-order valence-corrected chi connectivity index (χ0v) is 12.7. The number of hydrogen-bond acceptors (Lipinski definition) is 3. The van der Waals surface area contributed by atoms with Crippen LogP contribution in [0.3, 0.4) is 0 Å². The maximum atomic E-state index is 5.59. The summed E-state index contributed by atoms with van der Waals surface area (Å²) in [6.45, 7) is 6.47. The molecule has 0 aromatic carbocycles. The Morgan fingerprint density at radius 2 is 1.37 bits per heavy atom. The van der Waals surface area contributed by atoms with Crippen molar-refractivity contribution >= 4 is 0 Å². The van der Waals surface area contributed by atoms with Crippen molar-refractivity contribution in [3.63, 3.8) is 0 Å². The molecule has 0 aliphatic carbocycles. The molecule has 0 aromatic heterocycles. The molecule has 0 amide bonds. The van der Waals surface area contributed by atoms with Crippen molar-refractivity contribution in [3.8, 4) is 0 Å². The zero-order chi connectivity index (χ0) is 13.6. The van der Waals surface area contributed by atoms with E-state index in [0.717, 1.165) is 39.5 Å². The molecule has 1 rings (SSSR count). The van der Waals surface area contributed by atoms with E-state index in [0.29, 0.717) is 6.10 Å². The van der Waals surface area contributed by atoms with Crippen LogP contribution in [0.2, 0.25) is 0 Å². The number of hydrogen-bond donors (Lipinski definition) is 0. The molecule has 0 bridgehead atoms. The lowest BCUT2D eigenvalue weighted by Gasteiger charge is -2.05. The highest BCUT2D eigenvalue weighted by Gasteiger charge is 2.21. The second-order valence-corrected chi connectivity index (χ2v) is 5.47. The summed E-state index contributed by atoms with van der Waals surface area (Å²) in [6.07, 6.45) is 12.3. The van der Waals surface area contributed by atoms with Gasteiger partial charge >= 0.3 is 0 Å². The van der Waals surface area contributed by atoms with Gasteiger partial charge in [0.05, 0.1) is 13.2 Å². The van der Waals surface area contributed by atoms with Gasteiger partial charge in [-0.25, -0.2) is 0 Å². The molecule has 19 heavy (non-hydrogen) atoms. The molecular weight excluding hydrogens is 240 g/mol. The van der Waals surface area contributed by atoms with Crippen LogP contribution < -0.4 is 0 Å². The highest BCUT2D eigenvalue weighted by molar-refractivity contribution is 4.66. The number of unbranched alkanes of at least 4 members (excludes halogenated alkanes) is 7. The first-order valence-electron chi connectivity index (χ1n) is 8.20. The number of epoxide rings is 1. The molecule has 3 heteroatoms. The summed E-state index contributed by atoms with van der Waals surface area (Å²) in [7, 11) is 0. The predicted molar refractivity (Wildman–Crippen MR) is 78.6 cm³/mol. The van der Waals surface area contributed by atoms with Crippen LogP contribution in [0, 0.1) is 0 Å². The van der Waals surface area contributed by atoms with Crippen molar-refractivity contribution in [2.24, 2.45) is 0 Å². The van der Waals surface area contributed by atoms with Gasteiger partial charge in [-0.2, -0.15) is 0 Å². The fourth-order valence-electron chi connectivity index (χ4n) is 2.08. The normalized spacial score (nSPS) is 17.8. The molecule has 1 aliphatic rings. The van der Waals surface area contributed by atoms with Crippen LogP contribution in [0.15, 0.2) is 0 Å². The molecule has 1 aliphatic heterocycles. The minimum Gasteiger partial charge on any atom is -0.381 e. The topological polar surface area (TPSA) is 31.0 Å². The Kier molecular flexibility index (Phi) is 11.5. The second-order valence-electron chi connectivity index (χ2n) is 5.47. The molecule has 0 spiro atoms. The summed E-state index contributed by atoms with van der Waals surface area (Å²) < 4.78 is 16.1. The van der Waals surface area contributed by atoms with Crippen molar-refractivity contribution in [1.29, 1.82) is 0 Å². The fraction of sp³-hybridized carbons (Fsp3) is 1.00. The van der Waals surface area contributed by atoms with Crippen LogP contribution in [0.25, 0.3) is 0 Å². The zero-order valence-electron chi connectivity index (χ0n) is 12.7. The molecule has 0 radical (unpaired) electrons. The minimum absolute atomic E-state index is 0.387. The monoisotopic (exact) mass is 272 g/mol. The molecule has 0 N–H and O–H groups in total. The summed E-state index contributed by atoms with van der Waals surface area (Å²) in [5.41, 5.74) is 0. The summed E-state index contributed by atoms with van der Waals surface area (Å²) in [5.74, 6) is 0. The van der Waals surface area contributed by atoms with E-state index >= 15 is 0 Å². The van der Waals surface area contributed by atoms with E-state index in [1.807, 2.05) is 0 Å². The molecule has 1 atom stereocenters. The van der Waals surface area contributed by atoms with Crippen LogP contribution in [0.4, 0.5) is 0 Å². The lowest BCUT2D eigenvalue weighted by molar-refractivity contribution is 0.0742. The van der Waals surface area contributed by atoms with Crippen LogP contribution in [0.1, 0.15) is 64.7 Å². The average molecular weight is 272 g/mol. The maximum Gasteiger partial charge on any atom is 0.104 e. The van der Waals surface area contributed by atoms with E-state index < -0.39 is 0 Å². The number of ether oxygens (including phenoxy) is 3. The smallest absolute Gasteiger partial charge is 0.104 e. The molecule has 3 nitrogen and oxygen atoms in total. The Labute approximate surface area is 119 Å². The van der Waals surface area contributed by atoms with Crippen LogP contribution in [-0.4, -0.2) is 39.1 Å². The van der Waals surface area contributed by atoms with Gasteiger partial charge in [0.1, 0.15) is 6.10 Å². The van der Waals surface area contributed by atoms with Crippen molar-refractivity contribution < 1.29 is 14.2 Å². The lowest BCUT2D eigenvalue weighted by atomic mass is 10.1. The Balaban J connectivity index is 1.60. The van der Waals surface area contributed by atoms with E-state index in [4.69, 9.17) is 14.2 Å². The van der Waals surface area contributed by atoms with Gasteiger partial charge in [0.15, 0.2) is 0 Å². The van der Waals surface area contributed by atoms with E-state index in [-0.39, 0.29) is 0 Å². The van der Waals surface area contributed by atoms with E-state index in [2.05, 4.69) is 6.92 Å². The summed E-state index contributed by atoms with van der Waals surface area (Å²) in [4.78, 5) is 0. The first kappa shape index (κ1) is 16.9. The molecule has 0 aromatic rings. The van der Waals surface area contributed by atoms with E-state index in [1.165, 1.54) is 51.4 Å². The summed E-state index contributed by atoms with van der Waals surface area (Å²) in [5, 5.41) is 0. The Morgan fingerprint density at radius 3 is 2.05 bits per heavy atom. The summed E-state index contributed by atoms with van der Waals surface area (Å²) >= 11 is 0. The molecular formula is C16H32O3. The molecule has 1 fully saturated rings. The van der Waals surface area contributed by atoms with Crippen molar-refractivity contribution in [1.82, 2.24) is 0 Å². The van der Waals surface area contributed by atoms with Crippen molar-refractivity contribution in [2.45, 2.75) is 70.8 Å². The van der Waals surface area contributed by atoms with Gasteiger partial charge in [-0.05, 0) is 12.8 Å². The largest absolute Gasteiger partial charge is 0.381 e. The van der Waals surface area contributed by atoms with Gasteiger partial charge in [-0.1, -0.05) is 51.9 Å². The maximum absolute atomic E-state index is 5.59. The first-order valence-corrected chi connectivity index (χ1v) is 8.20. The lowest BCUT2D eigenvalue weighted by Crippen LogP contribution is -2.06. The number of rotatable bonds is 15. The highest BCUT2D eigenvalue weighted by atomic mass is 16.6. The third kappa shape index (κ3) is 12.6. The Bertz CT molecular complexity index is 181. The van der Waals surface area contributed by atoms with Gasteiger partial charge in [-0.3, -0.25) is 0 Å². The average Bonchev–Trinajstić information content (AvgIpc) is 3.23. The van der Waals surface area contributed by atoms with Crippen LogP contribution >= 0.6 is 0 Å². The molecule has 0 unspecified atom stereocenters. The quantitative estimate of drug-likeness (QED) is 0.334. The van der Waals surface area contributed by atoms with E-state index in [1.54, 1.807) is 0 Å². The van der Waals surface area contributed by atoms with Gasteiger partial charge in [0, 0.05) is 19.8 Å². The third-order valence-corrected chi connectivity index (χ3v) is 3.43. The fourth-order valence-corrected chi connectivity index (χ4v) is 2.08. The Hall–Kier alpha value is -0.120. The molecule has 0 saturated carbocycles. The predicted octanol–water partition coefficient (Wildman–Crippen LogP) is 3.95. The van der Waals surface area contributed by atoms with Crippen LogP contribution in [0.5, 0.6) is 0 Å². The van der Waals surface area contributed by atoms with E-state index in [9.17, 15) is 0 Å². The first-order chi connectivity index (χ1) is 9.43. The second kappa shape index (κ2) is 12.9. The SMILES string of the molecule is CCCCCCCCCCOCCCOC[C@H]1CO1. The highest BCUT2D eigenvalue weighted by Crippen LogP contribution is 2.09. The van der Waals surface area contributed by atoms with Gasteiger partial charge < -0.3 is 14.2 Å². The summed E-state index contributed by atoms with van der Waals surface area (Å²) in [6, 6.07) is 0.